The standard InChI is InChI=1S/C17H18ClNO7/c1-4-23-12-6-9(11(18)7-13(12)24-8-14(19)20)5-10-15(21)25-17(2,3)26-16(10)22/h5-7H,4,8H2,1-3H3,(H2,19,20). The van der Waals surface area contributed by atoms with Crippen molar-refractivity contribution in [3.8, 4) is 11.5 Å². The van der Waals surface area contributed by atoms with Gasteiger partial charge in [-0.1, -0.05) is 11.6 Å². The maximum absolute atomic E-state index is 12.0. The molecular weight excluding hydrogens is 366 g/mol. The van der Waals surface area contributed by atoms with Crippen LogP contribution in [0.25, 0.3) is 6.08 Å². The summed E-state index contributed by atoms with van der Waals surface area (Å²) in [5, 5.41) is 0.158. The quantitative estimate of drug-likeness (QED) is 0.452. The molecule has 1 amide bonds. The second-order valence-corrected chi connectivity index (χ2v) is 6.15. The van der Waals surface area contributed by atoms with Crippen LogP contribution in [0.15, 0.2) is 17.7 Å². The van der Waals surface area contributed by atoms with E-state index in [0.717, 1.165) is 0 Å². The highest BCUT2D eigenvalue weighted by Crippen LogP contribution is 2.35. The lowest BCUT2D eigenvalue weighted by Gasteiger charge is -2.29. The first kappa shape index (κ1) is 19.6. The van der Waals surface area contributed by atoms with Crippen LogP contribution in [-0.4, -0.2) is 36.8 Å². The third kappa shape index (κ3) is 4.66. The van der Waals surface area contributed by atoms with Gasteiger partial charge in [-0.3, -0.25) is 4.79 Å². The molecule has 0 spiro atoms. The second-order valence-electron chi connectivity index (χ2n) is 5.75. The number of hydrogen-bond acceptors (Lipinski definition) is 7. The van der Waals surface area contributed by atoms with Crippen molar-refractivity contribution in [3.05, 3.63) is 28.3 Å². The van der Waals surface area contributed by atoms with E-state index < -0.39 is 23.6 Å². The lowest BCUT2D eigenvalue weighted by molar-refractivity contribution is -0.222. The molecule has 8 nitrogen and oxygen atoms in total. The predicted octanol–water partition coefficient (Wildman–Crippen LogP) is 1.82. The molecule has 9 heteroatoms. The van der Waals surface area contributed by atoms with Crippen LogP contribution in [0.2, 0.25) is 5.02 Å². The minimum absolute atomic E-state index is 0.158. The van der Waals surface area contributed by atoms with Gasteiger partial charge in [-0.15, -0.1) is 0 Å². The normalized spacial score (nSPS) is 15.8. The predicted molar refractivity (Wildman–Crippen MR) is 91.6 cm³/mol. The van der Waals surface area contributed by atoms with E-state index in [1.165, 1.54) is 32.1 Å². The van der Waals surface area contributed by atoms with Gasteiger partial charge in [0, 0.05) is 19.9 Å². The zero-order valence-electron chi connectivity index (χ0n) is 14.5. The van der Waals surface area contributed by atoms with Gasteiger partial charge in [-0.05, 0) is 24.6 Å². The fourth-order valence-corrected chi connectivity index (χ4v) is 2.33. The zero-order valence-corrected chi connectivity index (χ0v) is 15.2. The summed E-state index contributed by atoms with van der Waals surface area (Å²) >= 11 is 6.19. The largest absolute Gasteiger partial charge is 0.490 e. The van der Waals surface area contributed by atoms with Gasteiger partial charge >= 0.3 is 11.9 Å². The number of benzene rings is 1. The Balaban J connectivity index is 2.40. The van der Waals surface area contributed by atoms with E-state index in [1.54, 1.807) is 6.92 Å². The number of cyclic esters (lactones) is 2. The van der Waals surface area contributed by atoms with E-state index in [0.29, 0.717) is 12.2 Å². The number of carbonyl (C=O) groups excluding carboxylic acids is 3. The smallest absolute Gasteiger partial charge is 0.348 e. The SMILES string of the molecule is CCOc1cc(C=C2C(=O)OC(C)(C)OC2=O)c(Cl)cc1OCC(N)=O. The van der Waals surface area contributed by atoms with E-state index >= 15 is 0 Å². The van der Waals surface area contributed by atoms with Crippen molar-refractivity contribution >= 4 is 35.5 Å². The molecule has 0 aromatic heterocycles. The molecule has 1 aliphatic rings. The molecule has 2 N–H and O–H groups in total. The summed E-state index contributed by atoms with van der Waals surface area (Å²) in [6.45, 7) is 4.60. The number of rotatable bonds is 6. The second kappa shape index (κ2) is 7.65. The van der Waals surface area contributed by atoms with Crippen LogP contribution in [-0.2, 0) is 23.9 Å². The molecule has 2 rings (SSSR count). The molecule has 0 bridgehead atoms. The van der Waals surface area contributed by atoms with Crippen molar-refractivity contribution in [1.29, 1.82) is 0 Å². The maximum atomic E-state index is 12.0. The van der Waals surface area contributed by atoms with Gasteiger partial charge in [0.15, 0.2) is 18.1 Å². The monoisotopic (exact) mass is 383 g/mol. The summed E-state index contributed by atoms with van der Waals surface area (Å²) in [5.41, 5.74) is 5.06. The molecule has 1 heterocycles. The molecular formula is C17H18ClNO7. The number of nitrogens with two attached hydrogens (primary N) is 1. The lowest BCUT2D eigenvalue weighted by Crippen LogP contribution is -2.41. The molecule has 0 atom stereocenters. The Morgan fingerprint density at radius 3 is 2.31 bits per heavy atom. The van der Waals surface area contributed by atoms with Crippen molar-refractivity contribution < 1.29 is 33.3 Å². The number of amides is 1. The van der Waals surface area contributed by atoms with Crippen LogP contribution in [0.4, 0.5) is 0 Å². The molecule has 0 radical (unpaired) electrons. The van der Waals surface area contributed by atoms with Crippen molar-refractivity contribution in [1.82, 2.24) is 0 Å². The van der Waals surface area contributed by atoms with Gasteiger partial charge in [0.1, 0.15) is 5.57 Å². The molecule has 1 aromatic carbocycles. The summed E-state index contributed by atoms with van der Waals surface area (Å²) in [6.07, 6.45) is 1.24. The van der Waals surface area contributed by atoms with Gasteiger partial charge in [-0.2, -0.15) is 0 Å². The van der Waals surface area contributed by atoms with E-state index in [2.05, 4.69) is 0 Å². The number of ether oxygens (including phenoxy) is 4. The fourth-order valence-electron chi connectivity index (χ4n) is 2.13. The number of halogens is 1. The molecule has 0 unspecified atom stereocenters. The molecule has 1 saturated heterocycles. The Morgan fingerprint density at radius 2 is 1.77 bits per heavy atom. The average Bonchev–Trinajstić information content (AvgIpc) is 2.51. The fraction of sp³-hybridized carbons (Fsp3) is 0.353. The van der Waals surface area contributed by atoms with Crippen LogP contribution in [0.1, 0.15) is 26.3 Å². The first-order valence-corrected chi connectivity index (χ1v) is 8.06. The summed E-state index contributed by atoms with van der Waals surface area (Å²) in [4.78, 5) is 35.0. The summed E-state index contributed by atoms with van der Waals surface area (Å²) in [7, 11) is 0. The first-order valence-electron chi connectivity index (χ1n) is 7.68. The van der Waals surface area contributed by atoms with Gasteiger partial charge in [0.2, 0.25) is 0 Å². The highest BCUT2D eigenvalue weighted by atomic mass is 35.5. The highest BCUT2D eigenvalue weighted by Gasteiger charge is 2.39. The highest BCUT2D eigenvalue weighted by molar-refractivity contribution is 6.32. The van der Waals surface area contributed by atoms with Gasteiger partial charge < -0.3 is 24.7 Å². The Morgan fingerprint density at radius 1 is 1.19 bits per heavy atom. The van der Waals surface area contributed by atoms with Crippen LogP contribution >= 0.6 is 11.6 Å². The number of carbonyl (C=O) groups is 3. The lowest BCUT2D eigenvalue weighted by atomic mass is 10.1. The van der Waals surface area contributed by atoms with Crippen LogP contribution in [0.5, 0.6) is 11.5 Å². The zero-order chi connectivity index (χ0) is 19.5. The Kier molecular flexibility index (Phi) is 5.76. The molecule has 0 saturated carbocycles. The molecule has 0 aliphatic carbocycles. The van der Waals surface area contributed by atoms with Gasteiger partial charge in [0.25, 0.3) is 11.7 Å². The van der Waals surface area contributed by atoms with Crippen molar-refractivity contribution in [2.75, 3.05) is 13.2 Å². The Bertz CT molecular complexity index is 764. The number of primary amides is 1. The summed E-state index contributed by atoms with van der Waals surface area (Å²) in [6, 6.07) is 2.86. The van der Waals surface area contributed by atoms with Crippen LogP contribution in [0, 0.1) is 0 Å². The molecule has 140 valence electrons. The van der Waals surface area contributed by atoms with Gasteiger partial charge in [0.05, 0.1) is 11.6 Å². The molecule has 26 heavy (non-hydrogen) atoms. The number of esters is 2. The third-order valence-electron chi connectivity index (χ3n) is 3.15. The van der Waals surface area contributed by atoms with E-state index in [4.69, 9.17) is 36.3 Å². The third-order valence-corrected chi connectivity index (χ3v) is 3.48. The van der Waals surface area contributed by atoms with Gasteiger partial charge in [-0.25, -0.2) is 9.59 Å². The average molecular weight is 384 g/mol. The first-order chi connectivity index (χ1) is 12.1. The molecule has 1 aromatic rings. The van der Waals surface area contributed by atoms with Crippen molar-refractivity contribution in [2.24, 2.45) is 5.73 Å². The molecule has 1 aliphatic heterocycles. The minimum Gasteiger partial charge on any atom is -0.490 e. The van der Waals surface area contributed by atoms with Crippen LogP contribution in [0.3, 0.4) is 0 Å². The minimum atomic E-state index is -1.34. The van der Waals surface area contributed by atoms with E-state index in [-0.39, 0.29) is 28.7 Å². The number of hydrogen-bond donors (Lipinski definition) is 1. The topological polar surface area (TPSA) is 114 Å². The van der Waals surface area contributed by atoms with Crippen molar-refractivity contribution in [3.63, 3.8) is 0 Å². The Hall–Kier alpha value is -2.74. The van der Waals surface area contributed by atoms with Crippen molar-refractivity contribution in [2.45, 2.75) is 26.6 Å². The van der Waals surface area contributed by atoms with Crippen LogP contribution < -0.4 is 15.2 Å². The molecule has 1 fully saturated rings. The Labute approximate surface area is 154 Å². The summed E-state index contributed by atoms with van der Waals surface area (Å²) in [5.74, 6) is -3.18. The maximum Gasteiger partial charge on any atom is 0.348 e. The van der Waals surface area contributed by atoms with E-state index in [9.17, 15) is 14.4 Å². The van der Waals surface area contributed by atoms with E-state index in [1.807, 2.05) is 0 Å². The summed E-state index contributed by atoms with van der Waals surface area (Å²) < 4.78 is 20.8.